The third-order valence-corrected chi connectivity index (χ3v) is 2.32. The summed E-state index contributed by atoms with van der Waals surface area (Å²) in [6.45, 7) is 2.04. The van der Waals surface area contributed by atoms with Crippen LogP contribution in [0.5, 0.6) is 0 Å². The van der Waals surface area contributed by atoms with Gasteiger partial charge in [0, 0.05) is 18.6 Å². The van der Waals surface area contributed by atoms with E-state index in [1.54, 1.807) is 24.2 Å². The number of pyridine rings is 2. The van der Waals surface area contributed by atoms with Crippen LogP contribution in [0.25, 0.3) is 0 Å². The van der Waals surface area contributed by atoms with Crippen molar-refractivity contribution in [1.82, 2.24) is 9.97 Å². The van der Waals surface area contributed by atoms with Crippen LogP contribution in [0.15, 0.2) is 53.9 Å². The largest absolute Gasteiger partial charge is 0.265 e. The molecule has 0 saturated heterocycles. The molecule has 0 bridgehead atoms. The van der Waals surface area contributed by atoms with Gasteiger partial charge in [-0.15, -0.1) is 11.8 Å². The van der Waals surface area contributed by atoms with E-state index in [0.29, 0.717) is 0 Å². The summed E-state index contributed by atoms with van der Waals surface area (Å²) in [5.74, 6) is 0. The Balaban J connectivity index is 0.000000162. The molecular formula is C12H14N2S. The summed E-state index contributed by atoms with van der Waals surface area (Å²) in [5.41, 5.74) is 1.22. The second-order valence-electron chi connectivity index (χ2n) is 2.90. The van der Waals surface area contributed by atoms with Crippen LogP contribution in [-0.4, -0.2) is 16.2 Å². The first-order chi connectivity index (χ1) is 7.33. The van der Waals surface area contributed by atoms with Gasteiger partial charge in [-0.2, -0.15) is 0 Å². The summed E-state index contributed by atoms with van der Waals surface area (Å²) in [7, 11) is 0. The van der Waals surface area contributed by atoms with E-state index >= 15 is 0 Å². The van der Waals surface area contributed by atoms with Crippen molar-refractivity contribution in [3.05, 3.63) is 54.5 Å². The molecule has 2 rings (SSSR count). The first kappa shape index (κ1) is 11.7. The van der Waals surface area contributed by atoms with Crippen molar-refractivity contribution in [1.29, 1.82) is 0 Å². The molecule has 78 valence electrons. The number of nitrogens with zero attached hydrogens (tertiary/aromatic N) is 2. The molecule has 0 amide bonds. The number of thioether (sulfide) groups is 1. The van der Waals surface area contributed by atoms with Gasteiger partial charge < -0.3 is 0 Å². The van der Waals surface area contributed by atoms with Crippen molar-refractivity contribution < 1.29 is 0 Å². The van der Waals surface area contributed by atoms with Crippen LogP contribution in [0.2, 0.25) is 0 Å². The summed E-state index contributed by atoms with van der Waals surface area (Å²) < 4.78 is 0. The molecule has 2 aromatic rings. The van der Waals surface area contributed by atoms with Crippen LogP contribution in [0, 0.1) is 6.92 Å². The van der Waals surface area contributed by atoms with Crippen LogP contribution in [-0.2, 0) is 0 Å². The molecule has 2 nitrogen and oxygen atoms in total. The van der Waals surface area contributed by atoms with E-state index in [-0.39, 0.29) is 0 Å². The van der Waals surface area contributed by atoms with Gasteiger partial charge in [0.2, 0.25) is 0 Å². The zero-order chi connectivity index (χ0) is 10.9. The molecule has 0 aliphatic rings. The molecule has 15 heavy (non-hydrogen) atoms. The van der Waals surface area contributed by atoms with Gasteiger partial charge in [0.05, 0.1) is 5.03 Å². The lowest BCUT2D eigenvalue weighted by Gasteiger charge is -1.92. The highest BCUT2D eigenvalue weighted by atomic mass is 32.2. The SMILES string of the molecule is CSc1ccc(C)cn1.c1ccncc1. The van der Waals surface area contributed by atoms with E-state index in [4.69, 9.17) is 0 Å². The molecule has 2 heterocycles. The lowest BCUT2D eigenvalue weighted by atomic mass is 10.3. The molecule has 0 unspecified atom stereocenters. The maximum atomic E-state index is 4.16. The molecule has 0 radical (unpaired) electrons. The smallest absolute Gasteiger partial charge is 0.0957 e. The fourth-order valence-electron chi connectivity index (χ4n) is 0.888. The quantitative estimate of drug-likeness (QED) is 0.687. The maximum absolute atomic E-state index is 4.16. The molecule has 0 aliphatic heterocycles. The highest BCUT2D eigenvalue weighted by Gasteiger charge is 1.87. The van der Waals surface area contributed by atoms with E-state index in [1.807, 2.05) is 43.6 Å². The van der Waals surface area contributed by atoms with Gasteiger partial charge in [0.1, 0.15) is 0 Å². The standard InChI is InChI=1S/C7H9NS.C5H5N/c1-6-3-4-7(9-2)8-5-6;1-2-4-6-5-3-1/h3-5H,1-2H3;1-5H. The summed E-state index contributed by atoms with van der Waals surface area (Å²) >= 11 is 1.67. The lowest BCUT2D eigenvalue weighted by Crippen LogP contribution is -1.77. The Morgan fingerprint density at radius 1 is 1.07 bits per heavy atom. The van der Waals surface area contributed by atoms with E-state index in [0.717, 1.165) is 5.03 Å². The van der Waals surface area contributed by atoms with Crippen molar-refractivity contribution in [3.63, 3.8) is 0 Å². The number of hydrogen-bond donors (Lipinski definition) is 0. The summed E-state index contributed by atoms with van der Waals surface area (Å²) in [6, 6.07) is 9.81. The molecule has 0 spiro atoms. The molecule has 0 aromatic carbocycles. The summed E-state index contributed by atoms with van der Waals surface area (Å²) in [5, 5.41) is 1.08. The highest BCUT2D eigenvalue weighted by molar-refractivity contribution is 7.98. The van der Waals surface area contributed by atoms with Crippen LogP contribution in [0.1, 0.15) is 5.56 Å². The van der Waals surface area contributed by atoms with Gasteiger partial charge in [-0.1, -0.05) is 12.1 Å². The highest BCUT2D eigenvalue weighted by Crippen LogP contribution is 2.09. The average Bonchev–Trinajstić information content (AvgIpc) is 2.33. The molecule has 2 aromatic heterocycles. The summed E-state index contributed by atoms with van der Waals surface area (Å²) in [4.78, 5) is 7.94. The Kier molecular flexibility index (Phi) is 5.48. The fraction of sp³-hybridized carbons (Fsp3) is 0.167. The zero-order valence-electron chi connectivity index (χ0n) is 8.92. The van der Waals surface area contributed by atoms with Crippen LogP contribution < -0.4 is 0 Å². The number of aromatic nitrogens is 2. The Morgan fingerprint density at radius 3 is 2.13 bits per heavy atom. The molecule has 3 heteroatoms. The van der Waals surface area contributed by atoms with Gasteiger partial charge in [-0.3, -0.25) is 4.98 Å². The fourth-order valence-corrected chi connectivity index (χ4v) is 1.25. The van der Waals surface area contributed by atoms with Crippen LogP contribution in [0.3, 0.4) is 0 Å². The summed E-state index contributed by atoms with van der Waals surface area (Å²) in [6.07, 6.45) is 7.41. The third-order valence-electron chi connectivity index (χ3n) is 1.66. The maximum Gasteiger partial charge on any atom is 0.0957 e. The molecule has 0 atom stereocenters. The van der Waals surface area contributed by atoms with Crippen molar-refractivity contribution in [2.75, 3.05) is 6.26 Å². The first-order valence-electron chi connectivity index (χ1n) is 4.64. The Bertz CT molecular complexity index is 332. The van der Waals surface area contributed by atoms with Gasteiger partial charge >= 0.3 is 0 Å². The van der Waals surface area contributed by atoms with Crippen molar-refractivity contribution >= 4 is 11.8 Å². The Labute approximate surface area is 94.8 Å². The Hall–Kier alpha value is -1.35. The minimum Gasteiger partial charge on any atom is -0.265 e. The first-order valence-corrected chi connectivity index (χ1v) is 5.87. The average molecular weight is 218 g/mol. The van der Waals surface area contributed by atoms with Gasteiger partial charge in [-0.05, 0) is 36.9 Å². The minimum absolute atomic E-state index is 1.08. The monoisotopic (exact) mass is 218 g/mol. The molecule has 0 N–H and O–H groups in total. The van der Waals surface area contributed by atoms with E-state index in [2.05, 4.69) is 16.0 Å². The predicted octanol–water partition coefficient (Wildman–Crippen LogP) is 3.19. The zero-order valence-corrected chi connectivity index (χ0v) is 9.74. The molecule has 0 aliphatic carbocycles. The van der Waals surface area contributed by atoms with Crippen molar-refractivity contribution in [2.45, 2.75) is 11.9 Å². The second-order valence-corrected chi connectivity index (χ2v) is 3.73. The van der Waals surface area contributed by atoms with E-state index < -0.39 is 0 Å². The second kappa shape index (κ2) is 7.01. The minimum atomic E-state index is 1.08. The molecular weight excluding hydrogens is 204 g/mol. The number of hydrogen-bond acceptors (Lipinski definition) is 3. The van der Waals surface area contributed by atoms with Gasteiger partial charge in [0.15, 0.2) is 0 Å². The lowest BCUT2D eigenvalue weighted by molar-refractivity contribution is 1.11. The van der Waals surface area contributed by atoms with Crippen molar-refractivity contribution in [3.8, 4) is 0 Å². The number of rotatable bonds is 1. The molecule has 0 fully saturated rings. The third kappa shape index (κ3) is 5.18. The van der Waals surface area contributed by atoms with Crippen LogP contribution >= 0.6 is 11.8 Å². The van der Waals surface area contributed by atoms with Crippen LogP contribution in [0.4, 0.5) is 0 Å². The van der Waals surface area contributed by atoms with E-state index in [9.17, 15) is 0 Å². The van der Waals surface area contributed by atoms with Gasteiger partial charge in [0.25, 0.3) is 0 Å². The topological polar surface area (TPSA) is 25.8 Å². The normalized spacial score (nSPS) is 8.93. The number of aryl methyl sites for hydroxylation is 1. The van der Waals surface area contributed by atoms with Gasteiger partial charge in [-0.25, -0.2) is 4.98 Å². The predicted molar refractivity (Wildman–Crippen MR) is 65.0 cm³/mol. The molecule has 0 saturated carbocycles. The Morgan fingerprint density at radius 2 is 1.80 bits per heavy atom. The van der Waals surface area contributed by atoms with Crippen molar-refractivity contribution in [2.24, 2.45) is 0 Å². The van der Waals surface area contributed by atoms with E-state index in [1.165, 1.54) is 5.56 Å².